The van der Waals surface area contributed by atoms with Gasteiger partial charge in [-0.2, -0.15) is 0 Å². The van der Waals surface area contributed by atoms with Gasteiger partial charge in [-0.15, -0.1) is 12.4 Å². The van der Waals surface area contributed by atoms with E-state index in [1.165, 1.54) is 12.8 Å². The van der Waals surface area contributed by atoms with Crippen LogP contribution in [-0.4, -0.2) is 30.3 Å². The van der Waals surface area contributed by atoms with E-state index in [2.05, 4.69) is 4.90 Å². The molecule has 2 aromatic rings. The van der Waals surface area contributed by atoms with Crippen molar-refractivity contribution in [3.8, 4) is 0 Å². The summed E-state index contributed by atoms with van der Waals surface area (Å²) in [6.07, 6.45) is 2.40. The number of hydrogen-bond acceptors (Lipinski definition) is 3. The molecular formula is C14H16ClNO2. The second-order valence-electron chi connectivity index (χ2n) is 4.55. The van der Waals surface area contributed by atoms with Crippen molar-refractivity contribution >= 4 is 29.2 Å². The van der Waals surface area contributed by atoms with Gasteiger partial charge in [-0.1, -0.05) is 18.2 Å². The number of carbonyl (C=O) groups excluding carboxylic acids is 1. The molecule has 0 saturated carbocycles. The molecule has 96 valence electrons. The standard InChI is InChI=1S/C14H15NO2.ClH/c16-12(10-15-7-3-4-8-15)14-9-11-5-1-2-6-13(11)17-14;/h1-2,5-6,9H,3-4,7-8,10H2;1H. The maximum Gasteiger partial charge on any atom is 0.211 e. The van der Waals surface area contributed by atoms with Crippen molar-refractivity contribution in [1.29, 1.82) is 0 Å². The molecule has 1 aromatic heterocycles. The third-order valence-corrected chi connectivity index (χ3v) is 3.27. The minimum atomic E-state index is 0. The maximum atomic E-state index is 12.0. The molecule has 0 unspecified atom stereocenters. The summed E-state index contributed by atoms with van der Waals surface area (Å²) in [5.41, 5.74) is 0.789. The topological polar surface area (TPSA) is 33.5 Å². The minimum Gasteiger partial charge on any atom is -0.453 e. The van der Waals surface area contributed by atoms with Crippen molar-refractivity contribution in [3.05, 3.63) is 36.1 Å². The Morgan fingerprint density at radius 1 is 1.22 bits per heavy atom. The van der Waals surface area contributed by atoms with Crippen LogP contribution < -0.4 is 0 Å². The Hall–Kier alpha value is -1.32. The van der Waals surface area contributed by atoms with Gasteiger partial charge in [-0.05, 0) is 38.1 Å². The van der Waals surface area contributed by atoms with Crippen LogP contribution >= 0.6 is 12.4 Å². The Morgan fingerprint density at radius 2 is 1.94 bits per heavy atom. The van der Waals surface area contributed by atoms with Crippen LogP contribution in [0.5, 0.6) is 0 Å². The number of para-hydroxylation sites is 1. The highest BCUT2D eigenvalue weighted by molar-refractivity contribution is 5.98. The summed E-state index contributed by atoms with van der Waals surface area (Å²) in [5.74, 6) is 0.571. The van der Waals surface area contributed by atoms with Crippen LogP contribution in [0, 0.1) is 0 Å². The van der Waals surface area contributed by atoms with E-state index in [1.807, 2.05) is 30.3 Å². The van der Waals surface area contributed by atoms with Gasteiger partial charge in [0.15, 0.2) is 5.76 Å². The highest BCUT2D eigenvalue weighted by Gasteiger charge is 2.18. The predicted octanol–water partition coefficient (Wildman–Crippen LogP) is 3.13. The number of ketones is 1. The van der Waals surface area contributed by atoms with Crippen molar-refractivity contribution < 1.29 is 9.21 Å². The van der Waals surface area contributed by atoms with Crippen LogP contribution in [0.2, 0.25) is 0 Å². The fourth-order valence-electron chi connectivity index (χ4n) is 2.34. The molecule has 1 fully saturated rings. The van der Waals surface area contributed by atoms with Gasteiger partial charge < -0.3 is 4.42 Å². The molecule has 1 aliphatic heterocycles. The summed E-state index contributed by atoms with van der Waals surface area (Å²) in [7, 11) is 0. The molecule has 0 radical (unpaired) electrons. The van der Waals surface area contributed by atoms with Gasteiger partial charge in [0, 0.05) is 5.39 Å². The number of fused-ring (bicyclic) bond motifs is 1. The summed E-state index contributed by atoms with van der Waals surface area (Å²) in [6, 6.07) is 9.56. The van der Waals surface area contributed by atoms with Gasteiger partial charge in [0.1, 0.15) is 5.58 Å². The van der Waals surface area contributed by atoms with Gasteiger partial charge in [0.2, 0.25) is 5.78 Å². The van der Waals surface area contributed by atoms with Crippen LogP contribution in [0.25, 0.3) is 11.0 Å². The first kappa shape index (κ1) is 13.1. The molecule has 4 heteroatoms. The second-order valence-corrected chi connectivity index (χ2v) is 4.55. The minimum absolute atomic E-state index is 0. The fourth-order valence-corrected chi connectivity index (χ4v) is 2.34. The number of rotatable bonds is 3. The third kappa shape index (κ3) is 2.57. The fraction of sp³-hybridized carbons (Fsp3) is 0.357. The lowest BCUT2D eigenvalue weighted by molar-refractivity contribution is 0.0920. The summed E-state index contributed by atoms with van der Waals surface area (Å²) in [4.78, 5) is 14.2. The molecule has 1 saturated heterocycles. The van der Waals surface area contributed by atoms with Gasteiger partial charge in [-0.25, -0.2) is 0 Å². The maximum absolute atomic E-state index is 12.0. The lowest BCUT2D eigenvalue weighted by Gasteiger charge is -2.11. The number of benzene rings is 1. The molecule has 0 amide bonds. The first-order valence-electron chi connectivity index (χ1n) is 6.07. The Labute approximate surface area is 112 Å². The van der Waals surface area contributed by atoms with Gasteiger partial charge in [-0.3, -0.25) is 9.69 Å². The van der Waals surface area contributed by atoms with E-state index in [9.17, 15) is 4.79 Å². The van der Waals surface area contributed by atoms with Crippen LogP contribution in [-0.2, 0) is 0 Å². The highest BCUT2D eigenvalue weighted by Crippen LogP contribution is 2.19. The lowest BCUT2D eigenvalue weighted by atomic mass is 10.2. The van der Waals surface area contributed by atoms with Gasteiger partial charge in [0.25, 0.3) is 0 Å². The second kappa shape index (κ2) is 5.55. The SMILES string of the molecule is Cl.O=C(CN1CCCC1)c1cc2ccccc2o1. The van der Waals surface area contributed by atoms with E-state index in [0.717, 1.165) is 24.1 Å². The molecule has 0 bridgehead atoms. The largest absolute Gasteiger partial charge is 0.453 e. The number of carbonyl (C=O) groups is 1. The molecule has 0 atom stereocenters. The van der Waals surface area contributed by atoms with E-state index in [0.29, 0.717) is 12.3 Å². The average molecular weight is 266 g/mol. The Kier molecular flexibility index (Phi) is 4.04. The molecule has 3 rings (SSSR count). The number of nitrogens with zero attached hydrogens (tertiary/aromatic N) is 1. The molecule has 1 aliphatic rings. The smallest absolute Gasteiger partial charge is 0.211 e. The van der Waals surface area contributed by atoms with Crippen LogP contribution in [0.4, 0.5) is 0 Å². The summed E-state index contributed by atoms with van der Waals surface area (Å²) < 4.78 is 5.56. The van der Waals surface area contributed by atoms with Gasteiger partial charge in [0.05, 0.1) is 6.54 Å². The quantitative estimate of drug-likeness (QED) is 0.800. The zero-order chi connectivity index (χ0) is 11.7. The Morgan fingerprint density at radius 3 is 2.67 bits per heavy atom. The summed E-state index contributed by atoms with van der Waals surface area (Å²) in [5, 5.41) is 0.997. The summed E-state index contributed by atoms with van der Waals surface area (Å²) >= 11 is 0. The number of Topliss-reactive ketones (excluding diaryl/α,β-unsaturated/α-hetero) is 1. The van der Waals surface area contributed by atoms with Crippen LogP contribution in [0.15, 0.2) is 34.7 Å². The van der Waals surface area contributed by atoms with Crippen molar-refractivity contribution in [3.63, 3.8) is 0 Å². The van der Waals surface area contributed by atoms with Crippen LogP contribution in [0.1, 0.15) is 23.4 Å². The molecule has 0 aliphatic carbocycles. The van der Waals surface area contributed by atoms with E-state index in [-0.39, 0.29) is 18.2 Å². The molecule has 2 heterocycles. The molecule has 0 spiro atoms. The van der Waals surface area contributed by atoms with Crippen molar-refractivity contribution in [2.75, 3.05) is 19.6 Å². The van der Waals surface area contributed by atoms with Crippen molar-refractivity contribution in [1.82, 2.24) is 4.90 Å². The number of halogens is 1. The van der Waals surface area contributed by atoms with Crippen molar-refractivity contribution in [2.45, 2.75) is 12.8 Å². The van der Waals surface area contributed by atoms with E-state index in [4.69, 9.17) is 4.42 Å². The number of likely N-dealkylation sites (tertiary alicyclic amines) is 1. The number of hydrogen-bond donors (Lipinski definition) is 0. The normalized spacial score (nSPS) is 15.8. The van der Waals surface area contributed by atoms with E-state index in [1.54, 1.807) is 0 Å². The molecule has 18 heavy (non-hydrogen) atoms. The predicted molar refractivity (Wildman–Crippen MR) is 73.5 cm³/mol. The zero-order valence-corrected chi connectivity index (χ0v) is 10.9. The van der Waals surface area contributed by atoms with Crippen molar-refractivity contribution in [2.24, 2.45) is 0 Å². The third-order valence-electron chi connectivity index (χ3n) is 3.27. The molecule has 0 N–H and O–H groups in total. The monoisotopic (exact) mass is 265 g/mol. The first-order valence-corrected chi connectivity index (χ1v) is 6.07. The average Bonchev–Trinajstić information content (AvgIpc) is 2.96. The van der Waals surface area contributed by atoms with Gasteiger partial charge >= 0.3 is 0 Å². The van der Waals surface area contributed by atoms with E-state index >= 15 is 0 Å². The zero-order valence-electron chi connectivity index (χ0n) is 10.1. The van der Waals surface area contributed by atoms with Crippen LogP contribution in [0.3, 0.4) is 0 Å². The molecule has 3 nitrogen and oxygen atoms in total. The molecule has 1 aromatic carbocycles. The first-order chi connectivity index (χ1) is 8.33. The lowest BCUT2D eigenvalue weighted by Crippen LogP contribution is -2.26. The highest BCUT2D eigenvalue weighted by atomic mass is 35.5. The Bertz CT molecular complexity index is 510. The summed E-state index contributed by atoms with van der Waals surface area (Å²) in [6.45, 7) is 2.55. The Balaban J connectivity index is 0.00000120. The van der Waals surface area contributed by atoms with E-state index < -0.39 is 0 Å². The molecular weight excluding hydrogens is 250 g/mol. The number of furan rings is 1.